The number of phenols is 1. The fraction of sp³-hybridized carbons (Fsp3) is 0.462. The van der Waals surface area contributed by atoms with Crippen molar-refractivity contribution >= 4 is 21.8 Å². The van der Waals surface area contributed by atoms with Gasteiger partial charge in [0.2, 0.25) is 0 Å². The SMILES string of the molecule is CC1CN(C(=O)c2cc(Br)ccc2O)CC1C. The highest BCUT2D eigenvalue weighted by molar-refractivity contribution is 9.10. The van der Waals surface area contributed by atoms with Gasteiger partial charge in [0.1, 0.15) is 5.75 Å². The van der Waals surface area contributed by atoms with E-state index in [1.807, 2.05) is 4.90 Å². The number of nitrogens with zero attached hydrogens (tertiary/aromatic N) is 1. The number of carbonyl (C=O) groups excluding carboxylic acids is 1. The molecule has 0 radical (unpaired) electrons. The molecule has 2 atom stereocenters. The third kappa shape index (κ3) is 2.46. The van der Waals surface area contributed by atoms with Gasteiger partial charge < -0.3 is 10.0 Å². The van der Waals surface area contributed by atoms with Crippen molar-refractivity contribution in [1.29, 1.82) is 0 Å². The van der Waals surface area contributed by atoms with Crippen LogP contribution in [0.15, 0.2) is 22.7 Å². The molecule has 92 valence electrons. The Morgan fingerprint density at radius 1 is 1.35 bits per heavy atom. The molecule has 1 heterocycles. The number of amides is 1. The lowest BCUT2D eigenvalue weighted by molar-refractivity contribution is 0.0782. The Morgan fingerprint density at radius 2 is 1.94 bits per heavy atom. The Morgan fingerprint density at radius 3 is 2.53 bits per heavy atom. The molecule has 3 nitrogen and oxygen atoms in total. The Kier molecular flexibility index (Phi) is 3.43. The maximum atomic E-state index is 12.3. The van der Waals surface area contributed by atoms with E-state index in [4.69, 9.17) is 0 Å². The van der Waals surface area contributed by atoms with Crippen LogP contribution in [-0.2, 0) is 0 Å². The molecular formula is C13H16BrNO2. The standard InChI is InChI=1S/C13H16BrNO2/c1-8-6-15(7-9(8)2)13(17)11-5-10(14)3-4-12(11)16/h3-5,8-9,16H,6-7H2,1-2H3. The summed E-state index contributed by atoms with van der Waals surface area (Å²) in [4.78, 5) is 14.1. The van der Waals surface area contributed by atoms with Crippen molar-refractivity contribution in [2.75, 3.05) is 13.1 Å². The summed E-state index contributed by atoms with van der Waals surface area (Å²) in [5, 5.41) is 9.73. The Balaban J connectivity index is 2.23. The van der Waals surface area contributed by atoms with E-state index in [0.717, 1.165) is 17.6 Å². The van der Waals surface area contributed by atoms with Crippen LogP contribution in [0.3, 0.4) is 0 Å². The Bertz CT molecular complexity index is 437. The molecule has 17 heavy (non-hydrogen) atoms. The summed E-state index contributed by atoms with van der Waals surface area (Å²) in [6, 6.07) is 4.94. The number of benzene rings is 1. The Labute approximate surface area is 110 Å². The highest BCUT2D eigenvalue weighted by Crippen LogP contribution is 2.28. The number of hydrogen-bond donors (Lipinski definition) is 1. The van der Waals surface area contributed by atoms with Crippen molar-refractivity contribution in [3.05, 3.63) is 28.2 Å². The van der Waals surface area contributed by atoms with Gasteiger partial charge in [-0.3, -0.25) is 4.79 Å². The van der Waals surface area contributed by atoms with Crippen molar-refractivity contribution in [3.8, 4) is 5.75 Å². The summed E-state index contributed by atoms with van der Waals surface area (Å²) in [5.41, 5.74) is 0.376. The van der Waals surface area contributed by atoms with Crippen molar-refractivity contribution in [2.45, 2.75) is 13.8 Å². The fourth-order valence-electron chi connectivity index (χ4n) is 2.15. The second-order valence-corrected chi connectivity index (χ2v) is 5.74. The summed E-state index contributed by atoms with van der Waals surface area (Å²) < 4.78 is 0.805. The highest BCUT2D eigenvalue weighted by Gasteiger charge is 2.30. The fourth-order valence-corrected chi connectivity index (χ4v) is 2.51. The van der Waals surface area contributed by atoms with E-state index in [1.54, 1.807) is 18.2 Å². The van der Waals surface area contributed by atoms with Gasteiger partial charge in [-0.05, 0) is 30.0 Å². The summed E-state index contributed by atoms with van der Waals surface area (Å²) in [6.07, 6.45) is 0. The highest BCUT2D eigenvalue weighted by atomic mass is 79.9. The van der Waals surface area contributed by atoms with Gasteiger partial charge in [0.25, 0.3) is 5.91 Å². The van der Waals surface area contributed by atoms with Crippen LogP contribution >= 0.6 is 15.9 Å². The van der Waals surface area contributed by atoms with E-state index in [2.05, 4.69) is 29.8 Å². The molecule has 4 heteroatoms. The van der Waals surface area contributed by atoms with Gasteiger partial charge >= 0.3 is 0 Å². The lowest BCUT2D eigenvalue weighted by Crippen LogP contribution is -2.28. The topological polar surface area (TPSA) is 40.5 Å². The predicted octanol–water partition coefficient (Wildman–Crippen LogP) is 2.88. The molecular weight excluding hydrogens is 282 g/mol. The van der Waals surface area contributed by atoms with Crippen LogP contribution in [0, 0.1) is 11.8 Å². The first-order chi connectivity index (χ1) is 7.99. The van der Waals surface area contributed by atoms with Crippen molar-refractivity contribution in [2.24, 2.45) is 11.8 Å². The molecule has 0 saturated carbocycles. The van der Waals surface area contributed by atoms with Gasteiger partial charge in [-0.15, -0.1) is 0 Å². The zero-order valence-electron chi connectivity index (χ0n) is 9.98. The summed E-state index contributed by atoms with van der Waals surface area (Å²) in [7, 11) is 0. The van der Waals surface area contributed by atoms with Gasteiger partial charge in [-0.2, -0.15) is 0 Å². The molecule has 1 fully saturated rings. The van der Waals surface area contributed by atoms with Crippen LogP contribution < -0.4 is 0 Å². The molecule has 0 bridgehead atoms. The average molecular weight is 298 g/mol. The van der Waals surface area contributed by atoms with Crippen LogP contribution in [0.25, 0.3) is 0 Å². The van der Waals surface area contributed by atoms with Crippen molar-refractivity contribution in [3.63, 3.8) is 0 Å². The molecule has 1 saturated heterocycles. The van der Waals surface area contributed by atoms with E-state index < -0.39 is 0 Å². The molecule has 1 aliphatic heterocycles. The maximum Gasteiger partial charge on any atom is 0.257 e. The largest absolute Gasteiger partial charge is 0.507 e. The third-order valence-corrected chi connectivity index (χ3v) is 3.96. The molecule has 1 aliphatic rings. The minimum absolute atomic E-state index is 0.0467. The number of carbonyl (C=O) groups is 1. The molecule has 0 aromatic heterocycles. The monoisotopic (exact) mass is 297 g/mol. The molecule has 2 unspecified atom stereocenters. The lowest BCUT2D eigenvalue weighted by atomic mass is 10.0. The van der Waals surface area contributed by atoms with Crippen LogP contribution in [0.5, 0.6) is 5.75 Å². The van der Waals surface area contributed by atoms with Crippen molar-refractivity contribution < 1.29 is 9.90 Å². The first-order valence-corrected chi connectivity index (χ1v) is 6.56. The molecule has 1 aromatic rings. The summed E-state index contributed by atoms with van der Waals surface area (Å²) >= 11 is 3.32. The first-order valence-electron chi connectivity index (χ1n) is 5.77. The summed E-state index contributed by atoms with van der Waals surface area (Å²) in [5.74, 6) is 1.01. The molecule has 1 aromatic carbocycles. The zero-order chi connectivity index (χ0) is 12.6. The molecule has 1 amide bonds. The lowest BCUT2D eigenvalue weighted by Gasteiger charge is -2.16. The van der Waals surface area contributed by atoms with Crippen LogP contribution in [-0.4, -0.2) is 29.0 Å². The quantitative estimate of drug-likeness (QED) is 0.866. The Hall–Kier alpha value is -1.03. The van der Waals surface area contributed by atoms with Crippen molar-refractivity contribution in [1.82, 2.24) is 4.90 Å². The average Bonchev–Trinajstić information content (AvgIpc) is 2.62. The smallest absolute Gasteiger partial charge is 0.257 e. The first kappa shape index (κ1) is 12.4. The number of halogens is 1. The predicted molar refractivity (Wildman–Crippen MR) is 70.0 cm³/mol. The molecule has 0 spiro atoms. The second kappa shape index (κ2) is 4.69. The van der Waals surface area contributed by atoms with Crippen LogP contribution in [0.2, 0.25) is 0 Å². The van der Waals surface area contributed by atoms with Gasteiger partial charge in [0.05, 0.1) is 5.56 Å². The normalized spacial score (nSPS) is 24.1. The second-order valence-electron chi connectivity index (χ2n) is 4.83. The van der Waals surface area contributed by atoms with Gasteiger partial charge in [-0.25, -0.2) is 0 Å². The van der Waals surface area contributed by atoms with Gasteiger partial charge in [0.15, 0.2) is 0 Å². The number of aromatic hydroxyl groups is 1. The van der Waals surface area contributed by atoms with E-state index in [-0.39, 0.29) is 11.7 Å². The number of hydrogen-bond acceptors (Lipinski definition) is 2. The van der Waals surface area contributed by atoms with Gasteiger partial charge in [0, 0.05) is 17.6 Å². The minimum Gasteiger partial charge on any atom is -0.507 e. The molecule has 0 aliphatic carbocycles. The summed E-state index contributed by atoms with van der Waals surface area (Å²) in [6.45, 7) is 5.84. The van der Waals surface area contributed by atoms with E-state index >= 15 is 0 Å². The van der Waals surface area contributed by atoms with Gasteiger partial charge in [-0.1, -0.05) is 29.8 Å². The van der Waals surface area contributed by atoms with Crippen LogP contribution in [0.1, 0.15) is 24.2 Å². The van der Waals surface area contributed by atoms with E-state index in [0.29, 0.717) is 17.4 Å². The van der Waals surface area contributed by atoms with Crippen LogP contribution in [0.4, 0.5) is 0 Å². The number of phenolic OH excluding ortho intramolecular Hbond substituents is 1. The maximum absolute atomic E-state index is 12.3. The third-order valence-electron chi connectivity index (χ3n) is 3.46. The molecule has 1 N–H and O–H groups in total. The molecule has 2 rings (SSSR count). The minimum atomic E-state index is -0.0833. The number of likely N-dealkylation sites (tertiary alicyclic amines) is 1. The van der Waals surface area contributed by atoms with E-state index in [9.17, 15) is 9.90 Å². The van der Waals surface area contributed by atoms with E-state index in [1.165, 1.54) is 0 Å². The zero-order valence-corrected chi connectivity index (χ0v) is 11.6. The number of rotatable bonds is 1.